The maximum atomic E-state index is 12.8. The summed E-state index contributed by atoms with van der Waals surface area (Å²) in [7, 11) is -3.90. The molecule has 0 unspecified atom stereocenters. The number of carboxylic acid groups (broad SMARTS) is 1. The van der Waals surface area contributed by atoms with E-state index in [1.807, 2.05) is 0 Å². The van der Waals surface area contributed by atoms with Gasteiger partial charge in [0.2, 0.25) is 10.0 Å². The van der Waals surface area contributed by atoms with Gasteiger partial charge in [-0.05, 0) is 24.3 Å². The number of hydrogen-bond acceptors (Lipinski definition) is 9. The highest BCUT2D eigenvalue weighted by Gasteiger charge is 2.28. The van der Waals surface area contributed by atoms with Crippen molar-refractivity contribution in [1.82, 2.24) is 4.31 Å². The van der Waals surface area contributed by atoms with Gasteiger partial charge in [-0.1, -0.05) is 12.1 Å². The first-order valence-corrected chi connectivity index (χ1v) is 10.8. The third-order valence-corrected chi connectivity index (χ3v) is 6.33. The Labute approximate surface area is 183 Å². The van der Waals surface area contributed by atoms with E-state index in [-0.39, 0.29) is 42.6 Å². The number of sulfonamides is 1. The van der Waals surface area contributed by atoms with Gasteiger partial charge >= 0.3 is 5.97 Å². The summed E-state index contributed by atoms with van der Waals surface area (Å²) in [6, 6.07) is 10.0. The number of anilines is 1. The zero-order valence-electron chi connectivity index (χ0n) is 16.7. The smallest absolute Gasteiger partial charge is 0.341 e. The zero-order valence-corrected chi connectivity index (χ0v) is 17.5. The molecule has 3 rings (SSSR count). The van der Waals surface area contributed by atoms with E-state index in [0.29, 0.717) is 5.56 Å². The van der Waals surface area contributed by atoms with Crippen molar-refractivity contribution >= 4 is 33.6 Å². The molecule has 32 heavy (non-hydrogen) atoms. The molecule has 1 heterocycles. The first kappa shape index (κ1) is 23.1. The summed E-state index contributed by atoms with van der Waals surface area (Å²) in [4.78, 5) is 21.3. The monoisotopic (exact) mass is 464 g/mol. The number of para-hydroxylation sites is 1. The van der Waals surface area contributed by atoms with E-state index < -0.39 is 33.2 Å². The molecule has 1 aliphatic rings. The lowest BCUT2D eigenvalue weighted by atomic mass is 10.2. The van der Waals surface area contributed by atoms with Crippen LogP contribution in [0.25, 0.3) is 0 Å². The number of hydrazone groups is 1. The number of nitro benzene ring substituents is 1. The minimum atomic E-state index is -3.90. The summed E-state index contributed by atoms with van der Waals surface area (Å²) in [5.74, 6) is -0.875. The van der Waals surface area contributed by atoms with Crippen molar-refractivity contribution in [1.29, 1.82) is 0 Å². The Balaban J connectivity index is 1.81. The number of nitro groups is 1. The van der Waals surface area contributed by atoms with Crippen LogP contribution >= 0.6 is 0 Å². The van der Waals surface area contributed by atoms with Gasteiger partial charge in [0.25, 0.3) is 5.69 Å². The highest BCUT2D eigenvalue weighted by Crippen LogP contribution is 2.29. The van der Waals surface area contributed by atoms with Gasteiger partial charge in [0.15, 0.2) is 6.61 Å². The molecule has 2 aromatic carbocycles. The Bertz CT molecular complexity index is 1130. The summed E-state index contributed by atoms with van der Waals surface area (Å²) in [5.41, 5.74) is 2.48. The first-order chi connectivity index (χ1) is 15.3. The summed E-state index contributed by atoms with van der Waals surface area (Å²) < 4.78 is 37.1. The molecule has 1 fully saturated rings. The van der Waals surface area contributed by atoms with Crippen molar-refractivity contribution in [3.8, 4) is 5.75 Å². The summed E-state index contributed by atoms with van der Waals surface area (Å²) in [6.07, 6.45) is 1.30. The number of benzene rings is 2. The van der Waals surface area contributed by atoms with Crippen LogP contribution in [0, 0.1) is 10.1 Å². The molecule has 0 saturated carbocycles. The predicted octanol–water partition coefficient (Wildman–Crippen LogP) is 1.53. The Morgan fingerprint density at radius 3 is 2.69 bits per heavy atom. The molecule has 2 aromatic rings. The highest BCUT2D eigenvalue weighted by molar-refractivity contribution is 7.89. The Morgan fingerprint density at radius 2 is 2.00 bits per heavy atom. The van der Waals surface area contributed by atoms with Gasteiger partial charge in [0.1, 0.15) is 11.4 Å². The minimum absolute atomic E-state index is 0.0175. The molecule has 0 radical (unpaired) electrons. The molecular formula is C19H20N4O8S. The molecule has 0 bridgehead atoms. The third kappa shape index (κ3) is 5.57. The van der Waals surface area contributed by atoms with Crippen LogP contribution in [0.4, 0.5) is 11.4 Å². The lowest BCUT2D eigenvalue weighted by Crippen LogP contribution is -2.40. The Hall–Kier alpha value is -3.55. The van der Waals surface area contributed by atoms with Crippen LogP contribution in [0.15, 0.2) is 52.5 Å². The quantitative estimate of drug-likeness (QED) is 0.318. The molecular weight excluding hydrogens is 444 g/mol. The molecule has 1 aliphatic heterocycles. The number of nitrogens with zero attached hydrogens (tertiary/aromatic N) is 3. The molecule has 0 aromatic heterocycles. The van der Waals surface area contributed by atoms with Crippen LogP contribution in [0.3, 0.4) is 0 Å². The second kappa shape index (κ2) is 10.2. The molecule has 0 aliphatic carbocycles. The molecule has 2 N–H and O–H groups in total. The normalized spacial score (nSPS) is 14.9. The lowest BCUT2D eigenvalue weighted by molar-refractivity contribution is -0.384. The Morgan fingerprint density at radius 1 is 1.28 bits per heavy atom. The number of carboxylic acids is 1. The van der Waals surface area contributed by atoms with Crippen molar-refractivity contribution in [3.63, 3.8) is 0 Å². The van der Waals surface area contributed by atoms with E-state index in [0.717, 1.165) is 6.07 Å². The zero-order chi connectivity index (χ0) is 23.1. The molecule has 0 atom stereocenters. The molecule has 12 nitrogen and oxygen atoms in total. The van der Waals surface area contributed by atoms with E-state index in [1.165, 1.54) is 22.7 Å². The van der Waals surface area contributed by atoms with Crippen LogP contribution in [0.2, 0.25) is 0 Å². The van der Waals surface area contributed by atoms with Gasteiger partial charge in [-0.2, -0.15) is 9.41 Å². The third-order valence-electron chi connectivity index (χ3n) is 4.43. The van der Waals surface area contributed by atoms with Crippen molar-refractivity contribution in [2.45, 2.75) is 4.90 Å². The van der Waals surface area contributed by atoms with Crippen LogP contribution in [-0.4, -0.2) is 67.8 Å². The van der Waals surface area contributed by atoms with Gasteiger partial charge in [-0.25, -0.2) is 13.2 Å². The average Bonchev–Trinajstić information content (AvgIpc) is 2.79. The number of rotatable bonds is 9. The fourth-order valence-corrected chi connectivity index (χ4v) is 4.31. The number of hydrogen-bond donors (Lipinski definition) is 2. The molecule has 170 valence electrons. The maximum Gasteiger partial charge on any atom is 0.341 e. The highest BCUT2D eigenvalue weighted by atomic mass is 32.2. The van der Waals surface area contributed by atoms with Gasteiger partial charge in [-0.3, -0.25) is 15.5 Å². The standard InChI is InChI=1S/C19H20N4O8S/c24-19(25)13-31-18-4-2-1-3-14(18)12-20-21-16-6-5-15(11-17(16)23(26)27)32(28,29)22-7-9-30-10-8-22/h1-6,11-12,21H,7-10,13H2,(H,24,25)/b20-12-. The van der Waals surface area contributed by atoms with Gasteiger partial charge in [0.05, 0.1) is 29.2 Å². The van der Waals surface area contributed by atoms with E-state index in [1.54, 1.807) is 24.3 Å². The molecule has 1 saturated heterocycles. The van der Waals surface area contributed by atoms with Crippen molar-refractivity contribution in [2.75, 3.05) is 38.3 Å². The van der Waals surface area contributed by atoms with E-state index in [2.05, 4.69) is 10.5 Å². The first-order valence-electron chi connectivity index (χ1n) is 9.38. The summed E-state index contributed by atoms with van der Waals surface area (Å²) in [5, 5.41) is 24.2. The lowest BCUT2D eigenvalue weighted by Gasteiger charge is -2.26. The number of carbonyl (C=O) groups is 1. The SMILES string of the molecule is O=C(O)COc1ccccc1/C=N\Nc1ccc(S(=O)(=O)N2CCOCC2)cc1[N+](=O)[O-]. The Kier molecular flexibility index (Phi) is 7.35. The number of morpholine rings is 1. The second-order valence-corrected chi connectivity index (χ2v) is 8.48. The maximum absolute atomic E-state index is 12.8. The van der Waals surface area contributed by atoms with Crippen molar-refractivity contribution < 1.29 is 32.7 Å². The average molecular weight is 464 g/mol. The minimum Gasteiger partial charge on any atom is -0.481 e. The van der Waals surface area contributed by atoms with E-state index >= 15 is 0 Å². The molecule has 0 spiro atoms. The van der Waals surface area contributed by atoms with Gasteiger partial charge in [-0.15, -0.1) is 0 Å². The van der Waals surface area contributed by atoms with Gasteiger partial charge in [0, 0.05) is 24.7 Å². The topological polar surface area (TPSA) is 161 Å². The van der Waals surface area contributed by atoms with Gasteiger partial charge < -0.3 is 14.6 Å². The second-order valence-electron chi connectivity index (χ2n) is 6.54. The van der Waals surface area contributed by atoms with E-state index in [4.69, 9.17) is 14.6 Å². The van der Waals surface area contributed by atoms with Crippen LogP contribution in [-0.2, 0) is 19.6 Å². The fourth-order valence-electron chi connectivity index (χ4n) is 2.88. The van der Waals surface area contributed by atoms with Crippen LogP contribution in [0.5, 0.6) is 5.75 Å². The van der Waals surface area contributed by atoms with E-state index in [9.17, 15) is 23.3 Å². The summed E-state index contributed by atoms with van der Waals surface area (Å²) in [6.45, 7) is 0.317. The number of ether oxygens (including phenoxy) is 2. The predicted molar refractivity (Wildman–Crippen MR) is 113 cm³/mol. The summed E-state index contributed by atoms with van der Waals surface area (Å²) >= 11 is 0. The fraction of sp³-hybridized carbons (Fsp3) is 0.263. The van der Waals surface area contributed by atoms with Crippen LogP contribution < -0.4 is 10.2 Å². The molecule has 0 amide bonds. The number of nitrogens with one attached hydrogen (secondary N) is 1. The number of aliphatic carboxylic acids is 1. The largest absolute Gasteiger partial charge is 0.481 e. The van der Waals surface area contributed by atoms with Crippen molar-refractivity contribution in [2.24, 2.45) is 5.10 Å². The molecule has 13 heteroatoms. The van der Waals surface area contributed by atoms with Crippen LogP contribution in [0.1, 0.15) is 5.56 Å². The van der Waals surface area contributed by atoms with Crippen molar-refractivity contribution in [3.05, 3.63) is 58.1 Å².